The van der Waals surface area contributed by atoms with E-state index in [1.54, 1.807) is 18.6 Å². The van der Waals surface area contributed by atoms with Crippen LogP contribution in [0.25, 0.3) is 0 Å². The van der Waals surface area contributed by atoms with Crippen molar-refractivity contribution in [1.82, 2.24) is 20.2 Å². The van der Waals surface area contributed by atoms with Crippen LogP contribution in [-0.4, -0.2) is 44.3 Å². The highest BCUT2D eigenvalue weighted by atomic mass is 16.4. The number of carbonyl (C=O) groups is 1. The van der Waals surface area contributed by atoms with Crippen LogP contribution in [0.2, 0.25) is 0 Å². The van der Waals surface area contributed by atoms with Gasteiger partial charge in [0.2, 0.25) is 0 Å². The Kier molecular flexibility index (Phi) is 4.45. The lowest BCUT2D eigenvalue weighted by Crippen LogP contribution is -2.34. The maximum atomic E-state index is 10.7. The van der Waals surface area contributed by atoms with Crippen molar-refractivity contribution < 1.29 is 9.90 Å². The fourth-order valence-electron chi connectivity index (χ4n) is 2.95. The first-order valence-corrected chi connectivity index (χ1v) is 7.69. The summed E-state index contributed by atoms with van der Waals surface area (Å²) in [5.74, 6) is 0.333. The molecule has 1 aliphatic heterocycles. The molecule has 1 fully saturated rings. The number of piperidine rings is 1. The molecule has 7 heteroatoms. The molecular formula is C16H19N5O2. The monoisotopic (exact) mass is 313 g/mol. The minimum absolute atomic E-state index is 0.0959. The maximum absolute atomic E-state index is 10.7. The fraction of sp³-hybridized carbons (Fsp3) is 0.438. The van der Waals surface area contributed by atoms with Gasteiger partial charge in [0.1, 0.15) is 5.82 Å². The standard InChI is InChI=1S/C16H19N5O2/c1-11-2-5-19-20-16(11)12-3-6-21(7-4-12)14-10-17-13(9-18-14)8-15(22)23/h2,5,9-10,12H,3-4,6-8H2,1H3,(H,22,23). The van der Waals surface area contributed by atoms with Crippen LogP contribution in [0, 0.1) is 6.92 Å². The molecule has 1 saturated heterocycles. The van der Waals surface area contributed by atoms with Gasteiger partial charge in [-0.1, -0.05) is 0 Å². The normalized spacial score (nSPS) is 15.6. The van der Waals surface area contributed by atoms with E-state index in [2.05, 4.69) is 32.0 Å². The molecule has 1 N–H and O–H groups in total. The van der Waals surface area contributed by atoms with Crippen molar-refractivity contribution in [3.05, 3.63) is 41.6 Å². The minimum atomic E-state index is -0.896. The highest BCUT2D eigenvalue weighted by Crippen LogP contribution is 2.29. The zero-order valence-electron chi connectivity index (χ0n) is 13.0. The fourth-order valence-corrected chi connectivity index (χ4v) is 2.95. The molecule has 1 aliphatic rings. The molecule has 0 unspecified atom stereocenters. The average molecular weight is 313 g/mol. The molecule has 2 aromatic heterocycles. The molecule has 0 radical (unpaired) electrons. The van der Waals surface area contributed by atoms with Gasteiger partial charge < -0.3 is 10.0 Å². The van der Waals surface area contributed by atoms with Crippen molar-refractivity contribution in [3.8, 4) is 0 Å². The largest absolute Gasteiger partial charge is 0.481 e. The predicted molar refractivity (Wildman–Crippen MR) is 84.3 cm³/mol. The molecule has 3 heterocycles. The number of anilines is 1. The summed E-state index contributed by atoms with van der Waals surface area (Å²) in [5, 5.41) is 17.0. The van der Waals surface area contributed by atoms with Crippen LogP contribution < -0.4 is 4.90 Å². The Morgan fingerprint density at radius 1 is 1.30 bits per heavy atom. The number of nitrogens with zero attached hydrogens (tertiary/aromatic N) is 5. The Morgan fingerprint density at radius 3 is 2.70 bits per heavy atom. The number of rotatable bonds is 4. The molecule has 0 saturated carbocycles. The maximum Gasteiger partial charge on any atom is 0.309 e. The number of carboxylic acid groups (broad SMARTS) is 1. The third kappa shape index (κ3) is 3.61. The molecule has 120 valence electrons. The topological polar surface area (TPSA) is 92.1 Å². The van der Waals surface area contributed by atoms with E-state index in [9.17, 15) is 4.79 Å². The minimum Gasteiger partial charge on any atom is -0.481 e. The van der Waals surface area contributed by atoms with E-state index >= 15 is 0 Å². The van der Waals surface area contributed by atoms with E-state index in [1.165, 1.54) is 5.56 Å². The van der Waals surface area contributed by atoms with Gasteiger partial charge >= 0.3 is 5.97 Å². The van der Waals surface area contributed by atoms with Gasteiger partial charge in [0.05, 0.1) is 30.2 Å². The van der Waals surface area contributed by atoms with E-state index in [-0.39, 0.29) is 6.42 Å². The molecular weight excluding hydrogens is 294 g/mol. The Labute approximate surface area is 134 Å². The SMILES string of the molecule is Cc1ccnnc1C1CCN(c2cnc(CC(=O)O)cn2)CC1. The Morgan fingerprint density at radius 2 is 2.09 bits per heavy atom. The van der Waals surface area contributed by atoms with Crippen molar-refractivity contribution in [1.29, 1.82) is 0 Å². The molecule has 0 bridgehead atoms. The lowest BCUT2D eigenvalue weighted by Gasteiger charge is -2.32. The predicted octanol–water partition coefficient (Wildman–Crippen LogP) is 1.59. The Hall–Kier alpha value is -2.57. The number of aryl methyl sites for hydroxylation is 1. The zero-order chi connectivity index (χ0) is 16.2. The molecule has 0 amide bonds. The average Bonchev–Trinajstić information content (AvgIpc) is 2.56. The quantitative estimate of drug-likeness (QED) is 0.916. The van der Waals surface area contributed by atoms with Gasteiger partial charge in [-0.2, -0.15) is 10.2 Å². The first kappa shape index (κ1) is 15.3. The highest BCUT2D eigenvalue weighted by Gasteiger charge is 2.24. The Bertz CT molecular complexity index is 681. The van der Waals surface area contributed by atoms with E-state index in [1.807, 2.05) is 6.07 Å². The first-order chi connectivity index (χ1) is 11.1. The summed E-state index contributed by atoms with van der Waals surface area (Å²) in [6.45, 7) is 3.84. The molecule has 0 atom stereocenters. The lowest BCUT2D eigenvalue weighted by molar-refractivity contribution is -0.136. The van der Waals surface area contributed by atoms with Crippen molar-refractivity contribution in [2.75, 3.05) is 18.0 Å². The van der Waals surface area contributed by atoms with Crippen LogP contribution in [0.4, 0.5) is 5.82 Å². The molecule has 0 spiro atoms. The number of aliphatic carboxylic acids is 1. The second-order valence-corrected chi connectivity index (χ2v) is 5.80. The van der Waals surface area contributed by atoms with Crippen molar-refractivity contribution in [2.45, 2.75) is 32.1 Å². The van der Waals surface area contributed by atoms with Gasteiger partial charge in [-0.3, -0.25) is 9.78 Å². The number of carboxylic acids is 1. The summed E-state index contributed by atoms with van der Waals surface area (Å²) < 4.78 is 0. The van der Waals surface area contributed by atoms with Gasteiger partial charge in [-0.15, -0.1) is 0 Å². The van der Waals surface area contributed by atoms with Crippen molar-refractivity contribution >= 4 is 11.8 Å². The van der Waals surface area contributed by atoms with Gasteiger partial charge in [-0.25, -0.2) is 4.98 Å². The van der Waals surface area contributed by atoms with E-state index < -0.39 is 5.97 Å². The summed E-state index contributed by atoms with van der Waals surface area (Å²) in [6.07, 6.45) is 6.83. The number of aromatic nitrogens is 4. The molecule has 0 aliphatic carbocycles. The summed E-state index contributed by atoms with van der Waals surface area (Å²) in [7, 11) is 0. The Balaban J connectivity index is 1.62. The first-order valence-electron chi connectivity index (χ1n) is 7.69. The van der Waals surface area contributed by atoms with Crippen LogP contribution in [0.3, 0.4) is 0 Å². The smallest absolute Gasteiger partial charge is 0.309 e. The summed E-state index contributed by atoms with van der Waals surface area (Å²) in [6, 6.07) is 2.00. The van der Waals surface area contributed by atoms with E-state index in [4.69, 9.17) is 5.11 Å². The van der Waals surface area contributed by atoms with Crippen LogP contribution in [-0.2, 0) is 11.2 Å². The van der Waals surface area contributed by atoms with Crippen molar-refractivity contribution in [2.24, 2.45) is 0 Å². The summed E-state index contributed by atoms with van der Waals surface area (Å²) >= 11 is 0. The third-order valence-electron chi connectivity index (χ3n) is 4.19. The van der Waals surface area contributed by atoms with E-state index in [0.29, 0.717) is 11.6 Å². The molecule has 7 nitrogen and oxygen atoms in total. The number of hydrogen-bond acceptors (Lipinski definition) is 6. The highest BCUT2D eigenvalue weighted by molar-refractivity contribution is 5.69. The molecule has 0 aromatic carbocycles. The van der Waals surface area contributed by atoms with Crippen LogP contribution in [0.1, 0.15) is 35.7 Å². The van der Waals surface area contributed by atoms with Gasteiger partial charge in [0.25, 0.3) is 0 Å². The molecule has 2 aromatic rings. The summed E-state index contributed by atoms with van der Waals surface area (Å²) in [5.41, 5.74) is 2.76. The van der Waals surface area contributed by atoms with Crippen LogP contribution in [0.5, 0.6) is 0 Å². The summed E-state index contributed by atoms with van der Waals surface area (Å²) in [4.78, 5) is 21.4. The third-order valence-corrected chi connectivity index (χ3v) is 4.19. The van der Waals surface area contributed by atoms with Gasteiger partial charge in [0, 0.05) is 25.2 Å². The molecule has 23 heavy (non-hydrogen) atoms. The molecule has 3 rings (SSSR count). The zero-order valence-corrected chi connectivity index (χ0v) is 13.0. The van der Waals surface area contributed by atoms with Gasteiger partial charge in [-0.05, 0) is 31.4 Å². The second-order valence-electron chi connectivity index (χ2n) is 5.80. The van der Waals surface area contributed by atoms with E-state index in [0.717, 1.165) is 37.4 Å². The van der Waals surface area contributed by atoms with Crippen LogP contribution in [0.15, 0.2) is 24.7 Å². The number of hydrogen-bond donors (Lipinski definition) is 1. The second kappa shape index (κ2) is 6.68. The van der Waals surface area contributed by atoms with Crippen LogP contribution >= 0.6 is 0 Å². The van der Waals surface area contributed by atoms with Crippen molar-refractivity contribution in [3.63, 3.8) is 0 Å². The van der Waals surface area contributed by atoms with Gasteiger partial charge in [0.15, 0.2) is 0 Å². The lowest BCUT2D eigenvalue weighted by atomic mass is 9.91.